The molecule has 1 fully saturated rings. The summed E-state index contributed by atoms with van der Waals surface area (Å²) in [5.41, 5.74) is 12.7. The Labute approximate surface area is 107 Å². The van der Waals surface area contributed by atoms with Crippen LogP contribution in [-0.2, 0) is 0 Å². The van der Waals surface area contributed by atoms with E-state index in [9.17, 15) is 4.79 Å². The Morgan fingerprint density at radius 3 is 2.67 bits per heavy atom. The van der Waals surface area contributed by atoms with Crippen LogP contribution in [0.25, 0.3) is 0 Å². The second kappa shape index (κ2) is 5.40. The Bertz CT molecular complexity index is 445. The van der Waals surface area contributed by atoms with Crippen molar-refractivity contribution in [2.24, 2.45) is 11.5 Å². The van der Waals surface area contributed by atoms with Crippen LogP contribution in [0, 0.1) is 6.92 Å². The first-order valence-electron chi connectivity index (χ1n) is 6.40. The molecule has 0 aromatic heterocycles. The van der Waals surface area contributed by atoms with Gasteiger partial charge < -0.3 is 16.2 Å². The Kier molecular flexibility index (Phi) is 3.87. The number of nitrogens with two attached hydrogens (primary N) is 2. The van der Waals surface area contributed by atoms with Crippen molar-refractivity contribution in [2.45, 2.75) is 44.8 Å². The van der Waals surface area contributed by atoms with Crippen LogP contribution >= 0.6 is 0 Å². The van der Waals surface area contributed by atoms with Gasteiger partial charge in [0.15, 0.2) is 0 Å². The minimum atomic E-state index is -0.409. The molecule has 1 aromatic carbocycles. The zero-order valence-corrected chi connectivity index (χ0v) is 10.7. The summed E-state index contributed by atoms with van der Waals surface area (Å²) in [7, 11) is 0. The number of rotatable bonds is 3. The molecule has 2 rings (SSSR count). The second-order valence-corrected chi connectivity index (χ2v) is 4.95. The maximum atomic E-state index is 11.1. The number of amides is 1. The highest BCUT2D eigenvalue weighted by molar-refractivity contribution is 5.94. The van der Waals surface area contributed by atoms with E-state index in [4.69, 9.17) is 16.2 Å². The molecular formula is C14H20N2O2. The molecule has 1 aliphatic carbocycles. The first-order chi connectivity index (χ1) is 8.58. The fraction of sp³-hybridized carbons (Fsp3) is 0.500. The Morgan fingerprint density at radius 2 is 2.06 bits per heavy atom. The normalized spacial score (nSPS) is 23.7. The molecule has 1 amide bonds. The van der Waals surface area contributed by atoms with Gasteiger partial charge in [-0.1, -0.05) is 6.42 Å². The van der Waals surface area contributed by atoms with E-state index in [-0.39, 0.29) is 12.1 Å². The van der Waals surface area contributed by atoms with Crippen molar-refractivity contribution in [1.82, 2.24) is 0 Å². The van der Waals surface area contributed by atoms with E-state index in [2.05, 4.69) is 0 Å². The number of hydrogen-bond donors (Lipinski definition) is 2. The molecule has 0 saturated heterocycles. The van der Waals surface area contributed by atoms with Gasteiger partial charge in [-0.25, -0.2) is 0 Å². The summed E-state index contributed by atoms with van der Waals surface area (Å²) in [6.07, 6.45) is 4.44. The summed E-state index contributed by atoms with van der Waals surface area (Å²) in [6, 6.07) is 5.45. The van der Waals surface area contributed by atoms with Crippen molar-refractivity contribution in [2.75, 3.05) is 0 Å². The van der Waals surface area contributed by atoms with Gasteiger partial charge in [0.05, 0.1) is 0 Å². The molecule has 1 aromatic rings. The van der Waals surface area contributed by atoms with Crippen LogP contribution in [0.15, 0.2) is 18.2 Å². The predicted octanol–water partition coefficient (Wildman–Crippen LogP) is 1.74. The molecule has 2 atom stereocenters. The summed E-state index contributed by atoms with van der Waals surface area (Å²) >= 11 is 0. The van der Waals surface area contributed by atoms with E-state index in [0.717, 1.165) is 30.6 Å². The smallest absolute Gasteiger partial charge is 0.248 e. The van der Waals surface area contributed by atoms with E-state index < -0.39 is 5.91 Å². The third-order valence-electron chi connectivity index (χ3n) is 3.50. The Hall–Kier alpha value is -1.55. The van der Waals surface area contributed by atoms with Gasteiger partial charge in [-0.3, -0.25) is 4.79 Å². The van der Waals surface area contributed by atoms with Gasteiger partial charge in [-0.2, -0.15) is 0 Å². The van der Waals surface area contributed by atoms with Gasteiger partial charge >= 0.3 is 0 Å². The average molecular weight is 248 g/mol. The second-order valence-electron chi connectivity index (χ2n) is 4.95. The van der Waals surface area contributed by atoms with E-state index >= 15 is 0 Å². The number of hydrogen-bond acceptors (Lipinski definition) is 3. The molecule has 0 heterocycles. The van der Waals surface area contributed by atoms with Crippen molar-refractivity contribution in [3.8, 4) is 5.75 Å². The van der Waals surface area contributed by atoms with Crippen molar-refractivity contribution in [3.63, 3.8) is 0 Å². The van der Waals surface area contributed by atoms with E-state index in [0.29, 0.717) is 5.56 Å². The first kappa shape index (κ1) is 12.9. The maximum Gasteiger partial charge on any atom is 0.248 e. The van der Waals surface area contributed by atoms with Crippen molar-refractivity contribution >= 4 is 5.91 Å². The largest absolute Gasteiger partial charge is 0.489 e. The summed E-state index contributed by atoms with van der Waals surface area (Å²) in [5.74, 6) is 0.355. The maximum absolute atomic E-state index is 11.1. The molecule has 2 unspecified atom stereocenters. The van der Waals surface area contributed by atoms with Gasteiger partial charge in [0.1, 0.15) is 11.9 Å². The first-order valence-corrected chi connectivity index (χ1v) is 6.40. The third-order valence-corrected chi connectivity index (χ3v) is 3.50. The lowest BCUT2D eigenvalue weighted by molar-refractivity contribution is 0.0999. The Balaban J connectivity index is 2.10. The summed E-state index contributed by atoms with van der Waals surface area (Å²) in [5, 5.41) is 0. The highest BCUT2D eigenvalue weighted by Crippen LogP contribution is 2.24. The van der Waals surface area contributed by atoms with Crippen LogP contribution in [0.2, 0.25) is 0 Å². The summed E-state index contributed by atoms with van der Waals surface area (Å²) in [4.78, 5) is 11.1. The van der Waals surface area contributed by atoms with E-state index in [1.807, 2.05) is 13.0 Å². The van der Waals surface area contributed by atoms with Crippen LogP contribution in [0.3, 0.4) is 0 Å². The highest BCUT2D eigenvalue weighted by Gasteiger charge is 2.23. The SMILES string of the molecule is Cc1cc(OC2CCCCC2N)ccc1C(N)=O. The molecule has 0 aliphatic heterocycles. The van der Waals surface area contributed by atoms with Crippen LogP contribution in [0.4, 0.5) is 0 Å². The molecule has 0 spiro atoms. The van der Waals surface area contributed by atoms with E-state index in [1.165, 1.54) is 6.42 Å². The summed E-state index contributed by atoms with van der Waals surface area (Å²) in [6.45, 7) is 1.85. The monoisotopic (exact) mass is 248 g/mol. The van der Waals surface area contributed by atoms with Crippen LogP contribution in [0.5, 0.6) is 5.75 Å². The quantitative estimate of drug-likeness (QED) is 0.855. The molecule has 0 radical (unpaired) electrons. The van der Waals surface area contributed by atoms with Crippen LogP contribution in [0.1, 0.15) is 41.6 Å². The van der Waals surface area contributed by atoms with Gasteiger partial charge in [0, 0.05) is 11.6 Å². The Morgan fingerprint density at radius 1 is 1.33 bits per heavy atom. The van der Waals surface area contributed by atoms with Crippen molar-refractivity contribution < 1.29 is 9.53 Å². The molecule has 4 heteroatoms. The van der Waals surface area contributed by atoms with Gasteiger partial charge in [0.25, 0.3) is 0 Å². The minimum absolute atomic E-state index is 0.0811. The molecule has 4 nitrogen and oxygen atoms in total. The number of benzene rings is 1. The fourth-order valence-electron chi connectivity index (χ4n) is 2.43. The highest BCUT2D eigenvalue weighted by atomic mass is 16.5. The lowest BCUT2D eigenvalue weighted by Gasteiger charge is -2.29. The standard InChI is InChI=1S/C14H20N2O2/c1-9-8-10(6-7-11(9)14(16)17)18-13-5-3-2-4-12(13)15/h6-8,12-13H,2-5,15H2,1H3,(H2,16,17). The average Bonchev–Trinajstić information content (AvgIpc) is 2.32. The molecule has 1 aliphatic rings. The number of carbonyl (C=O) groups excluding carboxylic acids is 1. The molecule has 0 bridgehead atoms. The third kappa shape index (κ3) is 2.82. The number of carbonyl (C=O) groups is 1. The van der Waals surface area contributed by atoms with Crippen LogP contribution < -0.4 is 16.2 Å². The molecular weight excluding hydrogens is 228 g/mol. The number of aryl methyl sites for hydroxylation is 1. The lowest BCUT2D eigenvalue weighted by atomic mass is 9.93. The minimum Gasteiger partial charge on any atom is -0.489 e. The van der Waals surface area contributed by atoms with Gasteiger partial charge in [-0.15, -0.1) is 0 Å². The zero-order valence-electron chi connectivity index (χ0n) is 10.7. The van der Waals surface area contributed by atoms with Crippen molar-refractivity contribution in [1.29, 1.82) is 0 Å². The molecule has 1 saturated carbocycles. The lowest BCUT2D eigenvalue weighted by Crippen LogP contribution is -2.41. The number of ether oxygens (including phenoxy) is 1. The van der Waals surface area contributed by atoms with Gasteiger partial charge in [-0.05, 0) is 49.9 Å². The molecule has 4 N–H and O–H groups in total. The predicted molar refractivity (Wildman–Crippen MR) is 70.6 cm³/mol. The topological polar surface area (TPSA) is 78.3 Å². The molecule has 18 heavy (non-hydrogen) atoms. The molecule has 98 valence electrons. The van der Waals surface area contributed by atoms with E-state index in [1.54, 1.807) is 12.1 Å². The van der Waals surface area contributed by atoms with Crippen LogP contribution in [-0.4, -0.2) is 18.1 Å². The number of primary amides is 1. The van der Waals surface area contributed by atoms with Gasteiger partial charge in [0.2, 0.25) is 5.91 Å². The van der Waals surface area contributed by atoms with Crippen molar-refractivity contribution in [3.05, 3.63) is 29.3 Å². The summed E-state index contributed by atoms with van der Waals surface area (Å²) < 4.78 is 5.91. The zero-order chi connectivity index (χ0) is 13.1. The fourth-order valence-corrected chi connectivity index (χ4v) is 2.43.